The van der Waals surface area contributed by atoms with Crippen molar-refractivity contribution in [3.63, 3.8) is 0 Å². The average Bonchev–Trinajstić information content (AvgIpc) is 2.94. The highest BCUT2D eigenvalue weighted by molar-refractivity contribution is 5.55. The Morgan fingerprint density at radius 2 is 1.95 bits per heavy atom. The van der Waals surface area contributed by atoms with Gasteiger partial charge in [-0.05, 0) is 26.8 Å². The van der Waals surface area contributed by atoms with Gasteiger partial charge >= 0.3 is 0 Å². The van der Waals surface area contributed by atoms with Crippen molar-refractivity contribution in [2.45, 2.75) is 38.6 Å². The minimum Gasteiger partial charge on any atom is -0.373 e. The van der Waals surface area contributed by atoms with Gasteiger partial charge in [0.2, 0.25) is 0 Å². The molecule has 1 aliphatic rings. The number of hydrogen-bond donors (Lipinski definition) is 2. The summed E-state index contributed by atoms with van der Waals surface area (Å²) in [5.74, 6) is 1.82. The Labute approximate surface area is 115 Å². The largest absolute Gasteiger partial charge is 0.373 e. The second kappa shape index (κ2) is 6.70. The van der Waals surface area contributed by atoms with Crippen molar-refractivity contribution >= 4 is 11.6 Å². The molecule has 1 saturated carbocycles. The number of aromatic nitrogens is 2. The molecular formula is C14H25N5. The SMILES string of the molecule is CNc1ncnc(NCCN(C)C2CCCC2)c1C. The Kier molecular flexibility index (Phi) is 4.96. The first-order valence-electron chi connectivity index (χ1n) is 7.16. The van der Waals surface area contributed by atoms with E-state index in [1.54, 1.807) is 6.33 Å². The second-order valence-corrected chi connectivity index (χ2v) is 5.29. The van der Waals surface area contributed by atoms with Crippen LogP contribution in [0.4, 0.5) is 11.6 Å². The molecule has 2 rings (SSSR count). The maximum atomic E-state index is 4.30. The van der Waals surface area contributed by atoms with Crippen LogP contribution in [0.1, 0.15) is 31.2 Å². The van der Waals surface area contributed by atoms with Crippen molar-refractivity contribution in [3.05, 3.63) is 11.9 Å². The fourth-order valence-corrected chi connectivity index (χ4v) is 2.76. The van der Waals surface area contributed by atoms with Crippen LogP contribution in [0.5, 0.6) is 0 Å². The van der Waals surface area contributed by atoms with E-state index in [1.807, 2.05) is 14.0 Å². The molecule has 0 bridgehead atoms. The van der Waals surface area contributed by atoms with Gasteiger partial charge in [-0.3, -0.25) is 0 Å². The number of likely N-dealkylation sites (N-methyl/N-ethyl adjacent to an activating group) is 1. The highest BCUT2D eigenvalue weighted by Crippen LogP contribution is 2.22. The van der Waals surface area contributed by atoms with E-state index in [9.17, 15) is 0 Å². The van der Waals surface area contributed by atoms with Gasteiger partial charge in [-0.25, -0.2) is 9.97 Å². The molecule has 0 unspecified atom stereocenters. The summed E-state index contributed by atoms with van der Waals surface area (Å²) in [6, 6.07) is 0.779. The molecule has 106 valence electrons. The van der Waals surface area contributed by atoms with Gasteiger partial charge in [0.25, 0.3) is 0 Å². The Balaban J connectivity index is 1.82. The fraction of sp³-hybridized carbons (Fsp3) is 0.714. The van der Waals surface area contributed by atoms with Crippen LogP contribution in [0, 0.1) is 6.92 Å². The van der Waals surface area contributed by atoms with Crippen LogP contribution in [0.3, 0.4) is 0 Å². The molecular weight excluding hydrogens is 238 g/mol. The van der Waals surface area contributed by atoms with E-state index in [0.29, 0.717) is 0 Å². The lowest BCUT2D eigenvalue weighted by atomic mass is 10.2. The highest BCUT2D eigenvalue weighted by Gasteiger charge is 2.18. The monoisotopic (exact) mass is 263 g/mol. The zero-order valence-corrected chi connectivity index (χ0v) is 12.2. The molecule has 1 aromatic heterocycles. The number of rotatable bonds is 6. The predicted octanol–water partition coefficient (Wildman–Crippen LogP) is 2.11. The van der Waals surface area contributed by atoms with Crippen LogP contribution < -0.4 is 10.6 Å². The first kappa shape index (κ1) is 14.1. The molecule has 0 amide bonds. The van der Waals surface area contributed by atoms with Gasteiger partial charge in [-0.2, -0.15) is 0 Å². The Morgan fingerprint density at radius 3 is 2.63 bits per heavy atom. The van der Waals surface area contributed by atoms with Crippen LogP contribution in [-0.2, 0) is 0 Å². The van der Waals surface area contributed by atoms with Gasteiger partial charge < -0.3 is 15.5 Å². The second-order valence-electron chi connectivity index (χ2n) is 5.29. The van der Waals surface area contributed by atoms with E-state index in [4.69, 9.17) is 0 Å². The van der Waals surface area contributed by atoms with Gasteiger partial charge in [0.1, 0.15) is 18.0 Å². The molecule has 0 aliphatic heterocycles. The van der Waals surface area contributed by atoms with Gasteiger partial charge in [0.05, 0.1) is 0 Å². The Morgan fingerprint density at radius 1 is 1.26 bits per heavy atom. The van der Waals surface area contributed by atoms with E-state index < -0.39 is 0 Å². The van der Waals surface area contributed by atoms with Crippen LogP contribution in [0.2, 0.25) is 0 Å². The van der Waals surface area contributed by atoms with Crippen LogP contribution >= 0.6 is 0 Å². The summed E-state index contributed by atoms with van der Waals surface area (Å²) in [7, 11) is 4.11. The molecule has 0 radical (unpaired) electrons. The molecule has 0 atom stereocenters. The average molecular weight is 263 g/mol. The van der Waals surface area contributed by atoms with Crippen molar-refractivity contribution in [2.75, 3.05) is 37.8 Å². The van der Waals surface area contributed by atoms with Crippen LogP contribution in [-0.4, -0.2) is 48.1 Å². The van der Waals surface area contributed by atoms with Crippen LogP contribution in [0.15, 0.2) is 6.33 Å². The first-order valence-corrected chi connectivity index (χ1v) is 7.16. The lowest BCUT2D eigenvalue weighted by Gasteiger charge is -2.24. The zero-order valence-electron chi connectivity index (χ0n) is 12.2. The molecule has 0 spiro atoms. The van der Waals surface area contributed by atoms with Crippen molar-refractivity contribution < 1.29 is 0 Å². The predicted molar refractivity (Wildman–Crippen MR) is 79.7 cm³/mol. The Bertz CT molecular complexity index is 401. The van der Waals surface area contributed by atoms with Crippen molar-refractivity contribution in [1.82, 2.24) is 14.9 Å². The molecule has 1 aromatic rings. The minimum absolute atomic E-state index is 0.779. The third-order valence-electron chi connectivity index (χ3n) is 4.03. The van der Waals surface area contributed by atoms with E-state index >= 15 is 0 Å². The van der Waals surface area contributed by atoms with Crippen molar-refractivity contribution in [1.29, 1.82) is 0 Å². The molecule has 5 nitrogen and oxygen atoms in total. The molecule has 0 aromatic carbocycles. The summed E-state index contributed by atoms with van der Waals surface area (Å²) in [4.78, 5) is 11.0. The molecule has 19 heavy (non-hydrogen) atoms. The molecule has 0 saturated heterocycles. The van der Waals surface area contributed by atoms with Crippen LogP contribution in [0.25, 0.3) is 0 Å². The minimum atomic E-state index is 0.779. The molecule has 1 heterocycles. The van der Waals surface area contributed by atoms with E-state index in [0.717, 1.165) is 36.3 Å². The molecule has 1 fully saturated rings. The third kappa shape index (κ3) is 3.56. The first-order chi connectivity index (χ1) is 9.22. The zero-order chi connectivity index (χ0) is 13.7. The van der Waals surface area contributed by atoms with Crippen molar-refractivity contribution in [3.8, 4) is 0 Å². The molecule has 5 heteroatoms. The lowest BCUT2D eigenvalue weighted by molar-refractivity contribution is 0.254. The standard InChI is InChI=1S/C14H25N5/c1-11-13(15-2)17-10-18-14(11)16-8-9-19(3)12-6-4-5-7-12/h10,12H,4-9H2,1-3H3,(H2,15,16,17,18). The summed E-state index contributed by atoms with van der Waals surface area (Å²) in [6.45, 7) is 4.02. The normalized spacial score (nSPS) is 16.0. The van der Waals surface area contributed by atoms with Gasteiger partial charge in [0.15, 0.2) is 0 Å². The molecule has 2 N–H and O–H groups in total. The smallest absolute Gasteiger partial charge is 0.134 e. The van der Waals surface area contributed by atoms with E-state index in [2.05, 4.69) is 32.5 Å². The number of nitrogens with zero attached hydrogens (tertiary/aromatic N) is 3. The molecule has 1 aliphatic carbocycles. The fourth-order valence-electron chi connectivity index (χ4n) is 2.76. The summed E-state index contributed by atoms with van der Waals surface area (Å²) >= 11 is 0. The maximum Gasteiger partial charge on any atom is 0.134 e. The number of hydrogen-bond acceptors (Lipinski definition) is 5. The lowest BCUT2D eigenvalue weighted by Crippen LogP contribution is -2.33. The topological polar surface area (TPSA) is 53.1 Å². The van der Waals surface area contributed by atoms with Gasteiger partial charge in [0, 0.05) is 31.7 Å². The third-order valence-corrected chi connectivity index (χ3v) is 4.03. The van der Waals surface area contributed by atoms with E-state index in [-0.39, 0.29) is 0 Å². The van der Waals surface area contributed by atoms with Crippen molar-refractivity contribution in [2.24, 2.45) is 0 Å². The van der Waals surface area contributed by atoms with E-state index in [1.165, 1.54) is 25.7 Å². The highest BCUT2D eigenvalue weighted by atomic mass is 15.2. The maximum absolute atomic E-state index is 4.30. The quantitative estimate of drug-likeness (QED) is 0.823. The Hall–Kier alpha value is -1.36. The van der Waals surface area contributed by atoms with Gasteiger partial charge in [-0.1, -0.05) is 12.8 Å². The summed E-state index contributed by atoms with van der Waals surface area (Å²) < 4.78 is 0. The summed E-state index contributed by atoms with van der Waals surface area (Å²) in [5, 5.41) is 6.49. The number of anilines is 2. The van der Waals surface area contributed by atoms with Gasteiger partial charge in [-0.15, -0.1) is 0 Å². The summed E-state index contributed by atoms with van der Waals surface area (Å²) in [6.07, 6.45) is 7.08. The number of nitrogens with one attached hydrogen (secondary N) is 2. The summed E-state index contributed by atoms with van der Waals surface area (Å²) in [5.41, 5.74) is 1.08.